The van der Waals surface area contributed by atoms with Gasteiger partial charge in [-0.3, -0.25) is 9.69 Å². The summed E-state index contributed by atoms with van der Waals surface area (Å²) in [7, 11) is 0. The molecule has 138 valence electrons. The van der Waals surface area contributed by atoms with Crippen molar-refractivity contribution in [2.24, 2.45) is 0 Å². The van der Waals surface area contributed by atoms with Crippen LogP contribution >= 0.6 is 0 Å². The molecule has 1 aliphatic rings. The van der Waals surface area contributed by atoms with Gasteiger partial charge in [-0.15, -0.1) is 0 Å². The van der Waals surface area contributed by atoms with Crippen LogP contribution < -0.4 is 10.1 Å². The number of likely N-dealkylation sites (tertiary alicyclic amines) is 1. The summed E-state index contributed by atoms with van der Waals surface area (Å²) in [5.74, 6) is 0.0410. The molecule has 0 bridgehead atoms. The molecular weight excluding hydrogens is 331 g/mol. The molecule has 3 rings (SSSR count). The summed E-state index contributed by atoms with van der Waals surface area (Å²) in [5.41, 5.74) is 1.32. The van der Waals surface area contributed by atoms with Gasteiger partial charge in [-0.05, 0) is 49.6 Å². The number of hydrogen-bond acceptors (Lipinski definition) is 3. The van der Waals surface area contributed by atoms with E-state index in [2.05, 4.69) is 34.5 Å². The molecule has 1 saturated heterocycles. The Balaban J connectivity index is 1.42. The number of carbonyl (C=O) groups is 1. The minimum absolute atomic E-state index is 0.129. The molecule has 0 aliphatic carbocycles. The molecule has 1 aliphatic heterocycles. The summed E-state index contributed by atoms with van der Waals surface area (Å²) in [6, 6.07) is 16.3. The van der Waals surface area contributed by atoms with Crippen molar-refractivity contribution < 1.29 is 13.9 Å². The Labute approximate surface area is 154 Å². The lowest BCUT2D eigenvalue weighted by Crippen LogP contribution is -2.47. The monoisotopic (exact) mass is 356 g/mol. The maximum Gasteiger partial charge on any atom is 0.260 e. The second-order valence-electron chi connectivity index (χ2n) is 6.76. The van der Waals surface area contributed by atoms with Gasteiger partial charge in [-0.1, -0.05) is 30.3 Å². The van der Waals surface area contributed by atoms with Crippen LogP contribution in [-0.4, -0.2) is 36.0 Å². The normalized spacial score (nSPS) is 16.8. The predicted octanol–water partition coefficient (Wildman–Crippen LogP) is 3.37. The van der Waals surface area contributed by atoms with Crippen molar-refractivity contribution >= 4 is 5.91 Å². The minimum atomic E-state index is -0.609. The summed E-state index contributed by atoms with van der Waals surface area (Å²) in [6.45, 7) is 4.59. The highest BCUT2D eigenvalue weighted by Gasteiger charge is 2.23. The average molecular weight is 356 g/mol. The third-order valence-corrected chi connectivity index (χ3v) is 4.68. The zero-order chi connectivity index (χ0) is 18.4. The number of hydrogen-bond donors (Lipinski definition) is 1. The quantitative estimate of drug-likeness (QED) is 0.863. The lowest BCUT2D eigenvalue weighted by atomic mass is 10.0. The Kier molecular flexibility index (Phi) is 6.23. The number of ether oxygens (including phenoxy) is 1. The summed E-state index contributed by atoms with van der Waals surface area (Å²) in [6.07, 6.45) is 1.26. The Hall–Kier alpha value is -2.40. The second-order valence-corrected chi connectivity index (χ2v) is 6.76. The zero-order valence-electron chi connectivity index (χ0n) is 15.0. The van der Waals surface area contributed by atoms with E-state index in [-0.39, 0.29) is 17.8 Å². The van der Waals surface area contributed by atoms with E-state index in [1.54, 1.807) is 6.92 Å². The number of carbonyl (C=O) groups excluding carboxylic acids is 1. The third kappa shape index (κ3) is 5.30. The first kappa shape index (κ1) is 18.4. The second kappa shape index (κ2) is 8.81. The number of nitrogens with zero attached hydrogens (tertiary/aromatic N) is 1. The van der Waals surface area contributed by atoms with Crippen LogP contribution in [0.4, 0.5) is 4.39 Å². The summed E-state index contributed by atoms with van der Waals surface area (Å²) in [5, 5.41) is 3.07. The molecule has 1 fully saturated rings. The first-order valence-electron chi connectivity index (χ1n) is 9.09. The fourth-order valence-electron chi connectivity index (χ4n) is 3.17. The third-order valence-electron chi connectivity index (χ3n) is 4.68. The lowest BCUT2D eigenvalue weighted by molar-refractivity contribution is -0.128. The minimum Gasteiger partial charge on any atom is -0.481 e. The number of nitrogens with one attached hydrogen (secondary N) is 1. The molecule has 1 heterocycles. The summed E-state index contributed by atoms with van der Waals surface area (Å²) in [4.78, 5) is 14.7. The van der Waals surface area contributed by atoms with Gasteiger partial charge in [0.1, 0.15) is 11.6 Å². The van der Waals surface area contributed by atoms with Gasteiger partial charge in [0.2, 0.25) is 0 Å². The smallest absolute Gasteiger partial charge is 0.260 e. The molecule has 1 amide bonds. The highest BCUT2D eigenvalue weighted by atomic mass is 19.1. The number of benzene rings is 2. The van der Waals surface area contributed by atoms with Crippen LogP contribution in [0.3, 0.4) is 0 Å². The highest BCUT2D eigenvalue weighted by Crippen LogP contribution is 2.16. The van der Waals surface area contributed by atoms with Crippen molar-refractivity contribution in [1.29, 1.82) is 0 Å². The van der Waals surface area contributed by atoms with Crippen LogP contribution in [-0.2, 0) is 11.3 Å². The molecule has 2 aromatic carbocycles. The van der Waals surface area contributed by atoms with Crippen molar-refractivity contribution in [1.82, 2.24) is 10.2 Å². The number of rotatable bonds is 6. The molecule has 0 saturated carbocycles. The maximum absolute atomic E-state index is 12.9. The Morgan fingerprint density at radius 1 is 1.15 bits per heavy atom. The zero-order valence-corrected chi connectivity index (χ0v) is 15.0. The van der Waals surface area contributed by atoms with Crippen LogP contribution in [0.25, 0.3) is 0 Å². The van der Waals surface area contributed by atoms with E-state index in [0.29, 0.717) is 5.75 Å². The fraction of sp³-hybridized carbons (Fsp3) is 0.381. The Morgan fingerprint density at radius 2 is 1.81 bits per heavy atom. The maximum atomic E-state index is 12.9. The number of amides is 1. The van der Waals surface area contributed by atoms with E-state index in [9.17, 15) is 9.18 Å². The van der Waals surface area contributed by atoms with Crippen molar-refractivity contribution in [3.63, 3.8) is 0 Å². The largest absolute Gasteiger partial charge is 0.481 e. The van der Waals surface area contributed by atoms with Gasteiger partial charge in [0.15, 0.2) is 6.10 Å². The van der Waals surface area contributed by atoms with E-state index < -0.39 is 6.10 Å². The van der Waals surface area contributed by atoms with Crippen molar-refractivity contribution in [3.8, 4) is 5.75 Å². The molecule has 0 spiro atoms. The van der Waals surface area contributed by atoms with E-state index in [1.807, 2.05) is 6.07 Å². The first-order chi connectivity index (χ1) is 12.6. The topological polar surface area (TPSA) is 41.6 Å². The van der Waals surface area contributed by atoms with Crippen LogP contribution in [0, 0.1) is 5.82 Å². The van der Waals surface area contributed by atoms with Gasteiger partial charge in [0, 0.05) is 25.7 Å². The van der Waals surface area contributed by atoms with Crippen molar-refractivity contribution in [2.45, 2.75) is 38.5 Å². The molecule has 0 unspecified atom stereocenters. The summed E-state index contributed by atoms with van der Waals surface area (Å²) >= 11 is 0. The predicted molar refractivity (Wildman–Crippen MR) is 99.4 cm³/mol. The van der Waals surface area contributed by atoms with Crippen molar-refractivity contribution in [2.75, 3.05) is 13.1 Å². The van der Waals surface area contributed by atoms with E-state index in [1.165, 1.54) is 29.8 Å². The van der Waals surface area contributed by atoms with Crippen LogP contribution in [0.5, 0.6) is 5.75 Å². The molecule has 0 radical (unpaired) electrons. The van der Waals surface area contributed by atoms with Gasteiger partial charge >= 0.3 is 0 Å². The lowest BCUT2D eigenvalue weighted by Gasteiger charge is -2.32. The van der Waals surface area contributed by atoms with E-state index >= 15 is 0 Å². The summed E-state index contributed by atoms with van der Waals surface area (Å²) < 4.78 is 18.5. The van der Waals surface area contributed by atoms with Gasteiger partial charge in [-0.25, -0.2) is 4.39 Å². The molecule has 4 nitrogen and oxygen atoms in total. The molecule has 1 N–H and O–H groups in total. The van der Waals surface area contributed by atoms with Gasteiger partial charge in [-0.2, -0.15) is 0 Å². The van der Waals surface area contributed by atoms with Gasteiger partial charge in [0.05, 0.1) is 0 Å². The number of halogens is 1. The fourth-order valence-corrected chi connectivity index (χ4v) is 3.17. The molecule has 1 atom stereocenters. The van der Waals surface area contributed by atoms with Gasteiger partial charge in [0.25, 0.3) is 5.91 Å². The molecular formula is C21H25FN2O2. The molecule has 2 aromatic rings. The Bertz CT molecular complexity index is 698. The number of piperidine rings is 1. The Morgan fingerprint density at radius 3 is 2.46 bits per heavy atom. The molecule has 5 heteroatoms. The van der Waals surface area contributed by atoms with Crippen LogP contribution in [0.2, 0.25) is 0 Å². The van der Waals surface area contributed by atoms with Gasteiger partial charge < -0.3 is 10.1 Å². The molecule has 0 aromatic heterocycles. The van der Waals surface area contributed by atoms with Crippen LogP contribution in [0.1, 0.15) is 25.3 Å². The first-order valence-corrected chi connectivity index (χ1v) is 9.09. The molecule has 26 heavy (non-hydrogen) atoms. The average Bonchev–Trinajstić information content (AvgIpc) is 2.66. The van der Waals surface area contributed by atoms with E-state index in [0.717, 1.165) is 32.5 Å². The van der Waals surface area contributed by atoms with E-state index in [4.69, 9.17) is 4.74 Å². The highest BCUT2D eigenvalue weighted by molar-refractivity contribution is 5.81. The standard InChI is InChI=1S/C21H25FN2O2/c1-16(26-20-9-7-18(22)8-10-20)21(25)23-19-11-13-24(14-12-19)15-17-5-3-2-4-6-17/h2-10,16,19H,11-15H2,1H3,(H,23,25)/t16-/m1/s1. The SMILES string of the molecule is C[C@@H](Oc1ccc(F)cc1)C(=O)NC1CCN(Cc2ccccc2)CC1. The van der Waals surface area contributed by atoms with Crippen molar-refractivity contribution in [3.05, 3.63) is 66.0 Å². The van der Waals surface area contributed by atoms with Crippen LogP contribution in [0.15, 0.2) is 54.6 Å².